The zero-order chi connectivity index (χ0) is 20.8. The molecule has 0 aliphatic heterocycles. The van der Waals surface area contributed by atoms with E-state index in [1.54, 1.807) is 23.6 Å². The van der Waals surface area contributed by atoms with Crippen molar-refractivity contribution >= 4 is 28.6 Å². The molecule has 0 fully saturated rings. The highest BCUT2D eigenvalue weighted by Crippen LogP contribution is 2.25. The van der Waals surface area contributed by atoms with Crippen LogP contribution >= 0.6 is 11.8 Å². The maximum Gasteiger partial charge on any atom is 0.341 e. The summed E-state index contributed by atoms with van der Waals surface area (Å²) < 4.78 is 17.5. The smallest absolute Gasteiger partial charge is 0.341 e. The van der Waals surface area contributed by atoms with E-state index in [9.17, 15) is 9.59 Å². The second-order valence-corrected chi connectivity index (χ2v) is 7.32. The molecule has 0 saturated carbocycles. The van der Waals surface area contributed by atoms with Gasteiger partial charge in [0.05, 0.1) is 23.8 Å². The van der Waals surface area contributed by atoms with Crippen LogP contribution in [0.25, 0.3) is 10.9 Å². The van der Waals surface area contributed by atoms with Gasteiger partial charge in [-0.05, 0) is 38.5 Å². The number of para-hydroxylation sites is 1. The van der Waals surface area contributed by atoms with E-state index in [4.69, 9.17) is 13.9 Å². The first-order chi connectivity index (χ1) is 14.0. The molecule has 1 aromatic carbocycles. The number of aromatic nitrogens is 2. The number of fused-ring (bicyclic) bond motifs is 1. The number of esters is 1. The number of ether oxygens (including phenoxy) is 2. The summed E-state index contributed by atoms with van der Waals surface area (Å²) in [6.07, 6.45) is 0.716. The van der Waals surface area contributed by atoms with Crippen molar-refractivity contribution in [2.45, 2.75) is 37.7 Å². The van der Waals surface area contributed by atoms with Crippen molar-refractivity contribution in [1.29, 1.82) is 0 Å². The summed E-state index contributed by atoms with van der Waals surface area (Å²) in [6.45, 7) is 5.41. The summed E-state index contributed by atoms with van der Waals surface area (Å²) in [5.41, 5.74) is 0.996. The second kappa shape index (κ2) is 9.76. The third-order valence-electron chi connectivity index (χ3n) is 4.42. The molecule has 2 heterocycles. The number of carbonyl (C=O) groups excluding carboxylic acids is 1. The van der Waals surface area contributed by atoms with Crippen LogP contribution in [0.4, 0.5) is 0 Å². The van der Waals surface area contributed by atoms with Crippen LogP contribution in [-0.4, -0.2) is 35.8 Å². The van der Waals surface area contributed by atoms with Gasteiger partial charge in [0.2, 0.25) is 0 Å². The van der Waals surface area contributed by atoms with Crippen molar-refractivity contribution in [2.75, 3.05) is 20.3 Å². The highest BCUT2D eigenvalue weighted by molar-refractivity contribution is 7.98. The molecule has 0 radical (unpaired) electrons. The lowest BCUT2D eigenvalue weighted by atomic mass is 10.2. The standard InChI is InChI=1S/C21H24N2O5S/c1-4-27-11-7-10-23-19(24)16-8-5-6-9-18(16)22-21(23)29-13-15-12-17(14(2)28-15)20(25)26-3/h5-6,8-9,12H,4,7,10-11,13H2,1-3H3. The van der Waals surface area contributed by atoms with Crippen LogP contribution in [0.1, 0.15) is 35.2 Å². The Bertz CT molecular complexity index is 1060. The first-order valence-electron chi connectivity index (χ1n) is 9.43. The molecule has 3 aromatic rings. The molecule has 0 aliphatic rings. The first-order valence-corrected chi connectivity index (χ1v) is 10.4. The van der Waals surface area contributed by atoms with Crippen molar-refractivity contribution in [2.24, 2.45) is 0 Å². The van der Waals surface area contributed by atoms with Crippen molar-refractivity contribution < 1.29 is 18.7 Å². The number of hydrogen-bond donors (Lipinski definition) is 0. The van der Waals surface area contributed by atoms with Crippen LogP contribution in [0.2, 0.25) is 0 Å². The molecule has 0 unspecified atom stereocenters. The van der Waals surface area contributed by atoms with Gasteiger partial charge in [-0.15, -0.1) is 0 Å². The number of hydrogen-bond acceptors (Lipinski definition) is 7. The van der Waals surface area contributed by atoms with Gasteiger partial charge in [0.25, 0.3) is 5.56 Å². The summed E-state index contributed by atoms with van der Waals surface area (Å²) in [4.78, 5) is 29.5. The normalized spacial score (nSPS) is 11.1. The number of nitrogens with zero attached hydrogens (tertiary/aromatic N) is 2. The predicted molar refractivity (Wildman–Crippen MR) is 111 cm³/mol. The van der Waals surface area contributed by atoms with Gasteiger partial charge in [0, 0.05) is 19.8 Å². The summed E-state index contributed by atoms with van der Waals surface area (Å²) in [7, 11) is 1.34. The third-order valence-corrected chi connectivity index (χ3v) is 5.42. The Hall–Kier alpha value is -2.58. The number of benzene rings is 1. The largest absolute Gasteiger partial charge is 0.465 e. The minimum atomic E-state index is -0.431. The molecule has 8 heteroatoms. The molecule has 0 saturated heterocycles. The van der Waals surface area contributed by atoms with Crippen molar-refractivity contribution in [3.05, 3.63) is 57.8 Å². The van der Waals surface area contributed by atoms with Crippen LogP contribution in [-0.2, 0) is 21.8 Å². The average molecular weight is 416 g/mol. The Morgan fingerprint density at radius 3 is 2.86 bits per heavy atom. The van der Waals surface area contributed by atoms with E-state index in [1.807, 2.05) is 25.1 Å². The van der Waals surface area contributed by atoms with E-state index in [1.165, 1.54) is 18.9 Å². The number of aryl methyl sites for hydroxylation is 1. The molecule has 0 bridgehead atoms. The van der Waals surface area contributed by atoms with Crippen LogP contribution in [0.15, 0.2) is 44.7 Å². The second-order valence-electron chi connectivity index (χ2n) is 6.38. The van der Waals surface area contributed by atoms with Gasteiger partial charge < -0.3 is 13.9 Å². The SMILES string of the molecule is CCOCCCn1c(SCc2cc(C(=O)OC)c(C)o2)nc2ccccc2c1=O. The van der Waals surface area contributed by atoms with E-state index >= 15 is 0 Å². The van der Waals surface area contributed by atoms with E-state index in [0.29, 0.717) is 65.1 Å². The lowest BCUT2D eigenvalue weighted by Gasteiger charge is -2.12. The minimum Gasteiger partial charge on any atom is -0.465 e. The predicted octanol–water partition coefficient (Wildman–Crippen LogP) is 3.80. The van der Waals surface area contributed by atoms with Crippen molar-refractivity contribution in [1.82, 2.24) is 9.55 Å². The Morgan fingerprint density at radius 2 is 2.10 bits per heavy atom. The van der Waals surface area contributed by atoms with Crippen LogP contribution in [0.3, 0.4) is 0 Å². The Balaban J connectivity index is 1.87. The number of furan rings is 1. The monoisotopic (exact) mass is 416 g/mol. The van der Waals surface area contributed by atoms with Crippen LogP contribution in [0, 0.1) is 6.92 Å². The molecular weight excluding hydrogens is 392 g/mol. The fourth-order valence-electron chi connectivity index (χ4n) is 2.99. The quantitative estimate of drug-likeness (QED) is 0.227. The van der Waals surface area contributed by atoms with Gasteiger partial charge in [0.15, 0.2) is 5.16 Å². The molecule has 0 aliphatic carbocycles. The minimum absolute atomic E-state index is 0.0690. The average Bonchev–Trinajstić information content (AvgIpc) is 3.11. The highest BCUT2D eigenvalue weighted by Gasteiger charge is 2.17. The van der Waals surface area contributed by atoms with Crippen LogP contribution in [0.5, 0.6) is 0 Å². The summed E-state index contributed by atoms with van der Waals surface area (Å²) >= 11 is 1.40. The highest BCUT2D eigenvalue weighted by atomic mass is 32.2. The Labute approximate surface area is 173 Å². The maximum atomic E-state index is 13.0. The van der Waals surface area contributed by atoms with Crippen molar-refractivity contribution in [3.8, 4) is 0 Å². The third kappa shape index (κ3) is 4.89. The molecule has 0 spiro atoms. The zero-order valence-corrected chi connectivity index (χ0v) is 17.6. The van der Waals surface area contributed by atoms with E-state index in [0.717, 1.165) is 0 Å². The fourth-order valence-corrected chi connectivity index (χ4v) is 3.89. The van der Waals surface area contributed by atoms with Gasteiger partial charge in [-0.2, -0.15) is 0 Å². The summed E-state index contributed by atoms with van der Waals surface area (Å²) in [5.74, 6) is 1.14. The number of rotatable bonds is 9. The van der Waals surface area contributed by atoms with E-state index in [-0.39, 0.29) is 5.56 Å². The van der Waals surface area contributed by atoms with Gasteiger partial charge in [-0.25, -0.2) is 9.78 Å². The lowest BCUT2D eigenvalue weighted by Crippen LogP contribution is -2.24. The first kappa shape index (κ1) is 21.1. The number of carbonyl (C=O) groups is 1. The van der Waals surface area contributed by atoms with Gasteiger partial charge in [-0.3, -0.25) is 9.36 Å². The van der Waals surface area contributed by atoms with Crippen LogP contribution < -0.4 is 5.56 Å². The molecule has 0 N–H and O–H groups in total. The summed E-state index contributed by atoms with van der Waals surface area (Å²) in [5, 5.41) is 1.20. The van der Waals surface area contributed by atoms with E-state index in [2.05, 4.69) is 4.98 Å². The summed E-state index contributed by atoms with van der Waals surface area (Å²) in [6, 6.07) is 8.99. The van der Waals surface area contributed by atoms with Gasteiger partial charge >= 0.3 is 5.97 Å². The zero-order valence-electron chi connectivity index (χ0n) is 16.8. The Morgan fingerprint density at radius 1 is 1.31 bits per heavy atom. The molecular formula is C21H24N2O5S. The molecule has 0 amide bonds. The molecule has 29 heavy (non-hydrogen) atoms. The molecule has 7 nitrogen and oxygen atoms in total. The van der Waals surface area contributed by atoms with E-state index < -0.39 is 5.97 Å². The molecule has 3 rings (SSSR count). The Kier molecular flexibility index (Phi) is 7.11. The number of thioether (sulfide) groups is 1. The molecule has 0 atom stereocenters. The lowest BCUT2D eigenvalue weighted by molar-refractivity contribution is 0.0599. The fraction of sp³-hybridized carbons (Fsp3) is 0.381. The number of methoxy groups -OCH3 is 1. The molecule has 2 aromatic heterocycles. The van der Waals surface area contributed by atoms with Gasteiger partial charge in [-0.1, -0.05) is 23.9 Å². The van der Waals surface area contributed by atoms with Crippen molar-refractivity contribution in [3.63, 3.8) is 0 Å². The van der Waals surface area contributed by atoms with Gasteiger partial charge in [0.1, 0.15) is 17.1 Å². The topological polar surface area (TPSA) is 83.6 Å². The maximum absolute atomic E-state index is 13.0. The molecule has 154 valence electrons.